The van der Waals surface area contributed by atoms with E-state index in [4.69, 9.17) is 0 Å². The third-order valence-corrected chi connectivity index (χ3v) is 3.92. The van der Waals surface area contributed by atoms with Crippen LogP contribution < -0.4 is 0 Å². The molecule has 1 rings (SSSR count). The second-order valence-corrected chi connectivity index (χ2v) is 5.65. The molecule has 1 nitrogen and oxygen atoms in total. The van der Waals surface area contributed by atoms with E-state index in [0.29, 0.717) is 5.75 Å². The normalized spacial score (nSPS) is 10.8. The lowest BCUT2D eigenvalue weighted by Gasteiger charge is -2.08. The minimum absolute atomic E-state index is 0.472. The summed E-state index contributed by atoms with van der Waals surface area (Å²) in [7, 11) is 0. The molecule has 0 bridgehead atoms. The second-order valence-electron chi connectivity index (χ2n) is 5.65. The molecular weight excluding hydrogens is 232 g/mol. The maximum Gasteiger partial charge on any atom is 0.119 e. The van der Waals surface area contributed by atoms with E-state index in [1.165, 1.54) is 63.4 Å². The van der Waals surface area contributed by atoms with Crippen LogP contribution in [-0.4, -0.2) is 5.11 Å². The Morgan fingerprint density at radius 1 is 0.842 bits per heavy atom. The van der Waals surface area contributed by atoms with Gasteiger partial charge in [0.25, 0.3) is 0 Å². The zero-order valence-electron chi connectivity index (χ0n) is 12.8. The largest absolute Gasteiger partial charge is 0.508 e. The van der Waals surface area contributed by atoms with E-state index in [0.717, 1.165) is 12.0 Å². The highest BCUT2D eigenvalue weighted by atomic mass is 16.3. The van der Waals surface area contributed by atoms with Gasteiger partial charge >= 0.3 is 0 Å². The van der Waals surface area contributed by atoms with E-state index in [1.54, 1.807) is 6.07 Å². The number of phenols is 1. The molecule has 0 aliphatic heterocycles. The van der Waals surface area contributed by atoms with Crippen LogP contribution in [0.2, 0.25) is 0 Å². The van der Waals surface area contributed by atoms with E-state index in [2.05, 4.69) is 19.9 Å². The molecule has 0 heterocycles. The zero-order valence-corrected chi connectivity index (χ0v) is 12.8. The average Bonchev–Trinajstić information content (AvgIpc) is 2.40. The first-order valence-corrected chi connectivity index (χ1v) is 8.03. The molecule has 0 fully saturated rings. The summed E-state index contributed by atoms with van der Waals surface area (Å²) in [6.07, 6.45) is 13.2. The molecule has 0 aliphatic carbocycles. The molecule has 0 saturated carbocycles. The summed E-state index contributed by atoms with van der Waals surface area (Å²) in [5, 5.41) is 9.81. The van der Waals surface area contributed by atoms with Crippen molar-refractivity contribution in [2.24, 2.45) is 0 Å². The fourth-order valence-electron chi connectivity index (χ4n) is 2.62. The van der Waals surface area contributed by atoms with Gasteiger partial charge in [-0.2, -0.15) is 0 Å². The number of aromatic hydroxyl groups is 1. The molecule has 0 spiro atoms. The van der Waals surface area contributed by atoms with Crippen LogP contribution in [-0.2, 0) is 6.42 Å². The maximum absolute atomic E-state index is 9.81. The number of hydrogen-bond donors (Lipinski definition) is 1. The van der Waals surface area contributed by atoms with Gasteiger partial charge in [0.05, 0.1) is 0 Å². The molecular formula is C18H30O. The number of unbranched alkanes of at least 4 members (excludes halogenated alkanes) is 8. The zero-order chi connectivity index (χ0) is 13.9. The van der Waals surface area contributed by atoms with Crippen LogP contribution in [0.3, 0.4) is 0 Å². The molecule has 0 radical (unpaired) electrons. The third-order valence-electron chi connectivity index (χ3n) is 3.92. The van der Waals surface area contributed by atoms with Crippen molar-refractivity contribution in [3.63, 3.8) is 0 Å². The smallest absolute Gasteiger partial charge is 0.119 e. The molecule has 0 unspecified atom stereocenters. The maximum atomic E-state index is 9.81. The Labute approximate surface area is 119 Å². The van der Waals surface area contributed by atoms with Crippen molar-refractivity contribution in [3.05, 3.63) is 29.3 Å². The third kappa shape index (κ3) is 6.66. The van der Waals surface area contributed by atoms with Gasteiger partial charge in [0, 0.05) is 0 Å². The van der Waals surface area contributed by atoms with E-state index in [1.807, 2.05) is 6.07 Å². The van der Waals surface area contributed by atoms with Crippen molar-refractivity contribution in [2.45, 2.75) is 78.1 Å². The standard InChI is InChI=1S/C18H30O/c1-3-4-5-6-7-8-9-10-11-14-17-16(2)13-12-15-18(17)19/h12-13,15,19H,3-11,14H2,1-2H3. The van der Waals surface area contributed by atoms with E-state index in [-0.39, 0.29) is 0 Å². The summed E-state index contributed by atoms with van der Waals surface area (Å²) >= 11 is 0. The lowest BCUT2D eigenvalue weighted by molar-refractivity contribution is 0.465. The fraction of sp³-hybridized carbons (Fsp3) is 0.667. The first-order valence-electron chi connectivity index (χ1n) is 8.03. The van der Waals surface area contributed by atoms with Gasteiger partial charge in [0.15, 0.2) is 0 Å². The van der Waals surface area contributed by atoms with Crippen LogP contribution in [0.15, 0.2) is 18.2 Å². The van der Waals surface area contributed by atoms with Gasteiger partial charge in [-0.1, -0.05) is 70.4 Å². The average molecular weight is 262 g/mol. The SMILES string of the molecule is CCCCCCCCCCCc1c(C)cccc1O. The fourth-order valence-corrected chi connectivity index (χ4v) is 2.62. The Hall–Kier alpha value is -0.980. The van der Waals surface area contributed by atoms with Crippen LogP contribution >= 0.6 is 0 Å². The highest BCUT2D eigenvalue weighted by molar-refractivity contribution is 5.38. The Morgan fingerprint density at radius 3 is 2.00 bits per heavy atom. The van der Waals surface area contributed by atoms with Crippen LogP contribution in [0.1, 0.15) is 75.8 Å². The molecule has 0 saturated heterocycles. The van der Waals surface area contributed by atoms with Crippen LogP contribution in [0.5, 0.6) is 5.75 Å². The predicted molar refractivity (Wildman–Crippen MR) is 83.8 cm³/mol. The summed E-state index contributed by atoms with van der Waals surface area (Å²) in [6, 6.07) is 5.81. The lowest BCUT2D eigenvalue weighted by Crippen LogP contribution is -1.91. The summed E-state index contributed by atoms with van der Waals surface area (Å²) in [5.41, 5.74) is 2.37. The molecule has 0 aromatic heterocycles. The van der Waals surface area contributed by atoms with Gasteiger partial charge in [0.1, 0.15) is 5.75 Å². The molecule has 1 N–H and O–H groups in total. The van der Waals surface area contributed by atoms with E-state index < -0.39 is 0 Å². The number of aryl methyl sites for hydroxylation is 1. The molecule has 1 aromatic rings. The Bertz CT molecular complexity index is 323. The summed E-state index contributed by atoms with van der Waals surface area (Å²) in [6.45, 7) is 4.35. The summed E-state index contributed by atoms with van der Waals surface area (Å²) in [4.78, 5) is 0. The van der Waals surface area contributed by atoms with Crippen molar-refractivity contribution in [1.29, 1.82) is 0 Å². The van der Waals surface area contributed by atoms with Crippen LogP contribution in [0, 0.1) is 6.92 Å². The number of hydrogen-bond acceptors (Lipinski definition) is 1. The van der Waals surface area contributed by atoms with Gasteiger partial charge in [-0.05, 0) is 37.0 Å². The molecule has 108 valence electrons. The van der Waals surface area contributed by atoms with Crippen molar-refractivity contribution >= 4 is 0 Å². The first kappa shape index (κ1) is 16.1. The van der Waals surface area contributed by atoms with Crippen LogP contribution in [0.25, 0.3) is 0 Å². The topological polar surface area (TPSA) is 20.2 Å². The lowest BCUT2D eigenvalue weighted by atomic mass is 10.00. The van der Waals surface area contributed by atoms with Crippen molar-refractivity contribution in [1.82, 2.24) is 0 Å². The van der Waals surface area contributed by atoms with E-state index in [9.17, 15) is 5.11 Å². The van der Waals surface area contributed by atoms with Crippen LogP contribution in [0.4, 0.5) is 0 Å². The Morgan fingerprint density at radius 2 is 1.42 bits per heavy atom. The van der Waals surface area contributed by atoms with Crippen molar-refractivity contribution in [3.8, 4) is 5.75 Å². The van der Waals surface area contributed by atoms with Crippen molar-refractivity contribution < 1.29 is 5.11 Å². The number of benzene rings is 1. The van der Waals surface area contributed by atoms with Gasteiger partial charge < -0.3 is 5.11 Å². The summed E-state index contributed by atoms with van der Waals surface area (Å²) < 4.78 is 0. The van der Waals surface area contributed by atoms with E-state index >= 15 is 0 Å². The highest BCUT2D eigenvalue weighted by Gasteiger charge is 2.03. The quantitative estimate of drug-likeness (QED) is 0.530. The molecule has 0 atom stereocenters. The number of rotatable bonds is 10. The predicted octanol–water partition coefficient (Wildman–Crippen LogP) is 5.77. The first-order chi connectivity index (χ1) is 9.25. The van der Waals surface area contributed by atoms with Crippen molar-refractivity contribution in [2.75, 3.05) is 0 Å². The molecule has 1 heteroatoms. The Balaban J connectivity index is 2.05. The minimum Gasteiger partial charge on any atom is -0.508 e. The molecule has 0 aliphatic rings. The molecule has 19 heavy (non-hydrogen) atoms. The highest BCUT2D eigenvalue weighted by Crippen LogP contribution is 2.22. The van der Waals surface area contributed by atoms with Gasteiger partial charge in [-0.3, -0.25) is 0 Å². The van der Waals surface area contributed by atoms with Gasteiger partial charge in [-0.15, -0.1) is 0 Å². The summed E-state index contributed by atoms with van der Waals surface area (Å²) in [5.74, 6) is 0.472. The molecule has 1 aromatic carbocycles. The minimum atomic E-state index is 0.472. The number of phenolic OH excluding ortho intramolecular Hbond substituents is 1. The van der Waals surface area contributed by atoms with Gasteiger partial charge in [-0.25, -0.2) is 0 Å². The second kappa shape index (κ2) is 9.89. The molecule has 0 amide bonds. The van der Waals surface area contributed by atoms with Gasteiger partial charge in [0.2, 0.25) is 0 Å². The Kier molecular flexibility index (Phi) is 8.36. The monoisotopic (exact) mass is 262 g/mol.